The number of hydrogen-bond donors (Lipinski definition) is 2. The Labute approximate surface area is 150 Å². The molecule has 1 saturated heterocycles. The number of carbonyl (C=O) groups excluding carboxylic acids is 1. The number of anilines is 1. The summed E-state index contributed by atoms with van der Waals surface area (Å²) in [5.41, 5.74) is 1.23. The number of aromatic nitrogens is 3. The lowest BCUT2D eigenvalue weighted by atomic mass is 10.1. The topological polar surface area (TPSA) is 89.3 Å². The lowest BCUT2D eigenvalue weighted by Crippen LogP contribution is -2.19. The van der Waals surface area contributed by atoms with Gasteiger partial charge in [0.05, 0.1) is 17.6 Å². The van der Waals surface area contributed by atoms with Gasteiger partial charge < -0.3 is 19.7 Å². The molecule has 0 unspecified atom stereocenters. The molecule has 1 aromatic carbocycles. The molecule has 7 heteroatoms. The molecule has 1 aliphatic rings. The highest BCUT2D eigenvalue weighted by Crippen LogP contribution is 2.33. The maximum atomic E-state index is 12.4. The normalized spacial score (nSPS) is 22.6. The van der Waals surface area contributed by atoms with Crippen LogP contribution in [0, 0.1) is 0 Å². The van der Waals surface area contributed by atoms with Crippen molar-refractivity contribution in [3.63, 3.8) is 0 Å². The highest BCUT2D eigenvalue weighted by Gasteiger charge is 2.34. The van der Waals surface area contributed by atoms with Crippen molar-refractivity contribution in [2.45, 2.75) is 38.2 Å². The number of aliphatic hydroxyl groups excluding tert-OH is 1. The summed E-state index contributed by atoms with van der Waals surface area (Å²) in [4.78, 5) is 21.0. The van der Waals surface area contributed by atoms with Gasteiger partial charge >= 0.3 is 0 Å². The fraction of sp³-hybridized carbons (Fsp3) is 0.316. The molecule has 2 aromatic heterocycles. The zero-order valence-electron chi connectivity index (χ0n) is 14.4. The van der Waals surface area contributed by atoms with E-state index in [1.54, 1.807) is 12.1 Å². The summed E-state index contributed by atoms with van der Waals surface area (Å²) >= 11 is 0. The van der Waals surface area contributed by atoms with Crippen molar-refractivity contribution in [2.24, 2.45) is 0 Å². The maximum Gasteiger partial charge on any atom is 0.256 e. The zero-order chi connectivity index (χ0) is 18.1. The van der Waals surface area contributed by atoms with E-state index in [9.17, 15) is 9.90 Å². The van der Waals surface area contributed by atoms with Crippen molar-refractivity contribution >= 4 is 22.8 Å². The van der Waals surface area contributed by atoms with Gasteiger partial charge in [-0.2, -0.15) is 0 Å². The largest absolute Gasteiger partial charge is 0.390 e. The maximum absolute atomic E-state index is 12.4. The molecule has 0 bridgehead atoms. The predicted molar refractivity (Wildman–Crippen MR) is 96.7 cm³/mol. The fourth-order valence-corrected chi connectivity index (χ4v) is 3.33. The first-order chi connectivity index (χ1) is 12.7. The monoisotopic (exact) mass is 352 g/mol. The number of hydrogen-bond acceptors (Lipinski definition) is 5. The van der Waals surface area contributed by atoms with Crippen LogP contribution < -0.4 is 5.32 Å². The van der Waals surface area contributed by atoms with Crippen LogP contribution in [0.2, 0.25) is 0 Å². The molecule has 134 valence electrons. The van der Waals surface area contributed by atoms with Crippen molar-refractivity contribution in [3.8, 4) is 0 Å². The van der Waals surface area contributed by atoms with Gasteiger partial charge in [-0.1, -0.05) is 25.1 Å². The molecule has 1 fully saturated rings. The molecule has 0 aliphatic carbocycles. The van der Waals surface area contributed by atoms with Crippen LogP contribution >= 0.6 is 0 Å². The molecule has 4 rings (SSSR count). The SMILES string of the molecule is CC[C@H]1O[C@@H](n2ccc3c(NC(=O)c4ccccc4)ncnc32)C[C@H]1O. The van der Waals surface area contributed by atoms with Gasteiger partial charge in [0.2, 0.25) is 0 Å². The molecule has 0 spiro atoms. The average Bonchev–Trinajstić information content (AvgIpc) is 3.26. The second-order valence-electron chi connectivity index (χ2n) is 6.34. The third-order valence-electron chi connectivity index (χ3n) is 4.69. The smallest absolute Gasteiger partial charge is 0.256 e. The molecule has 0 saturated carbocycles. The van der Waals surface area contributed by atoms with E-state index in [0.29, 0.717) is 23.4 Å². The lowest BCUT2D eigenvalue weighted by molar-refractivity contribution is -0.0180. The van der Waals surface area contributed by atoms with Crippen LogP contribution in [0.15, 0.2) is 48.9 Å². The van der Waals surface area contributed by atoms with Gasteiger partial charge in [-0.25, -0.2) is 9.97 Å². The predicted octanol–water partition coefficient (Wildman–Crippen LogP) is 2.74. The Bertz CT molecular complexity index is 925. The summed E-state index contributed by atoms with van der Waals surface area (Å²) in [6.45, 7) is 1.99. The second-order valence-corrected chi connectivity index (χ2v) is 6.34. The Morgan fingerprint density at radius 1 is 1.31 bits per heavy atom. The first kappa shape index (κ1) is 16.7. The van der Waals surface area contributed by atoms with Crippen LogP contribution in [0.5, 0.6) is 0 Å². The third kappa shape index (κ3) is 2.95. The number of aliphatic hydroxyl groups is 1. The van der Waals surface area contributed by atoms with Crippen molar-refractivity contribution in [2.75, 3.05) is 5.32 Å². The first-order valence-corrected chi connectivity index (χ1v) is 8.69. The van der Waals surface area contributed by atoms with Crippen LogP contribution in [0.25, 0.3) is 11.0 Å². The summed E-state index contributed by atoms with van der Waals surface area (Å²) in [6.07, 6.45) is 3.61. The molecule has 1 aliphatic heterocycles. The highest BCUT2D eigenvalue weighted by atomic mass is 16.5. The highest BCUT2D eigenvalue weighted by molar-refractivity contribution is 6.07. The van der Waals surface area contributed by atoms with Crippen LogP contribution in [0.4, 0.5) is 5.82 Å². The Kier molecular flexibility index (Phi) is 4.40. The van der Waals surface area contributed by atoms with Gasteiger partial charge in [0.1, 0.15) is 24.0 Å². The summed E-state index contributed by atoms with van der Waals surface area (Å²) < 4.78 is 7.81. The Morgan fingerprint density at radius 2 is 2.12 bits per heavy atom. The van der Waals surface area contributed by atoms with Gasteiger partial charge in [-0.15, -0.1) is 0 Å². The summed E-state index contributed by atoms with van der Waals surface area (Å²) in [7, 11) is 0. The third-order valence-corrected chi connectivity index (χ3v) is 4.69. The molecule has 0 radical (unpaired) electrons. The van der Waals surface area contributed by atoms with Gasteiger partial charge in [-0.05, 0) is 24.6 Å². The standard InChI is InChI=1S/C19H20N4O3/c1-2-15-14(24)10-16(26-15)23-9-8-13-17(20-11-21-18(13)23)22-19(25)12-6-4-3-5-7-12/h3-9,11,14-16,24H,2,10H2,1H3,(H,20,21,22,25)/t14-,15-,16-/m1/s1. The Hall–Kier alpha value is -2.77. The first-order valence-electron chi connectivity index (χ1n) is 8.69. The van der Waals surface area contributed by atoms with E-state index in [-0.39, 0.29) is 18.2 Å². The van der Waals surface area contributed by atoms with Crippen LogP contribution in [0.3, 0.4) is 0 Å². The minimum absolute atomic E-state index is 0.170. The minimum Gasteiger partial charge on any atom is -0.390 e. The van der Waals surface area contributed by atoms with E-state index in [1.165, 1.54) is 6.33 Å². The van der Waals surface area contributed by atoms with Crippen molar-refractivity contribution in [1.82, 2.24) is 14.5 Å². The molecule has 7 nitrogen and oxygen atoms in total. The molecule has 3 aromatic rings. The number of ether oxygens (including phenoxy) is 1. The van der Waals surface area contributed by atoms with E-state index in [4.69, 9.17) is 4.74 Å². The molecule has 1 amide bonds. The molecular weight excluding hydrogens is 332 g/mol. The number of nitrogens with one attached hydrogen (secondary N) is 1. The number of amides is 1. The van der Waals surface area contributed by atoms with Crippen LogP contribution in [-0.4, -0.2) is 37.8 Å². The van der Waals surface area contributed by atoms with Crippen molar-refractivity contribution in [3.05, 3.63) is 54.5 Å². The van der Waals surface area contributed by atoms with Gasteiger partial charge in [0.15, 0.2) is 0 Å². The molecule has 3 heterocycles. The molecule has 3 atom stereocenters. The fourth-order valence-electron chi connectivity index (χ4n) is 3.33. The number of carbonyl (C=O) groups is 1. The van der Waals surface area contributed by atoms with E-state index in [0.717, 1.165) is 11.8 Å². The van der Waals surface area contributed by atoms with Gasteiger partial charge in [-0.3, -0.25) is 4.79 Å². The average molecular weight is 352 g/mol. The minimum atomic E-state index is -0.485. The molecular formula is C19H20N4O3. The summed E-state index contributed by atoms with van der Waals surface area (Å²) in [5.74, 6) is 0.227. The number of rotatable bonds is 4. The second kappa shape index (κ2) is 6.86. The van der Waals surface area contributed by atoms with Crippen LogP contribution in [0.1, 0.15) is 36.4 Å². The van der Waals surface area contributed by atoms with Crippen molar-refractivity contribution in [1.29, 1.82) is 0 Å². The Morgan fingerprint density at radius 3 is 2.85 bits per heavy atom. The van der Waals surface area contributed by atoms with E-state index < -0.39 is 6.10 Å². The van der Waals surface area contributed by atoms with E-state index in [2.05, 4.69) is 15.3 Å². The summed E-state index contributed by atoms with van der Waals surface area (Å²) in [5, 5.41) is 13.7. The lowest BCUT2D eigenvalue weighted by Gasteiger charge is -2.15. The number of benzene rings is 1. The van der Waals surface area contributed by atoms with Gasteiger partial charge in [0.25, 0.3) is 5.91 Å². The Balaban J connectivity index is 1.63. The van der Waals surface area contributed by atoms with E-state index >= 15 is 0 Å². The quantitative estimate of drug-likeness (QED) is 0.754. The van der Waals surface area contributed by atoms with Crippen molar-refractivity contribution < 1.29 is 14.6 Å². The number of fused-ring (bicyclic) bond motifs is 1. The molecule has 26 heavy (non-hydrogen) atoms. The number of nitrogens with zero attached hydrogens (tertiary/aromatic N) is 3. The summed E-state index contributed by atoms with van der Waals surface area (Å²) in [6, 6.07) is 10.8. The van der Waals surface area contributed by atoms with Gasteiger partial charge in [0, 0.05) is 18.2 Å². The zero-order valence-corrected chi connectivity index (χ0v) is 14.4. The van der Waals surface area contributed by atoms with E-state index in [1.807, 2.05) is 42.0 Å². The van der Waals surface area contributed by atoms with Crippen LogP contribution in [-0.2, 0) is 4.74 Å². The molecule has 2 N–H and O–H groups in total.